The molecule has 0 radical (unpaired) electrons. The van der Waals surface area contributed by atoms with Gasteiger partial charge >= 0.3 is 6.18 Å². The molecule has 5 heteroatoms. The maximum atomic E-state index is 12.4. The lowest BCUT2D eigenvalue weighted by atomic mass is 10.1. The third-order valence-electron chi connectivity index (χ3n) is 2.24. The average molecular weight is 278 g/mol. The van der Waals surface area contributed by atoms with Crippen LogP contribution in [0.15, 0.2) is 24.4 Å². The summed E-state index contributed by atoms with van der Waals surface area (Å²) in [4.78, 5) is 2.92. The Morgan fingerprint density at radius 1 is 1.27 bits per heavy atom. The molecule has 0 saturated carbocycles. The van der Waals surface area contributed by atoms with E-state index in [2.05, 4.69) is 20.9 Å². The summed E-state index contributed by atoms with van der Waals surface area (Å²) in [7, 11) is 0. The van der Waals surface area contributed by atoms with Gasteiger partial charge in [-0.2, -0.15) is 13.2 Å². The molecule has 0 aliphatic heterocycles. The van der Waals surface area contributed by atoms with Crippen molar-refractivity contribution in [2.45, 2.75) is 11.5 Å². The Kier molecular flexibility index (Phi) is 2.50. The van der Waals surface area contributed by atoms with Gasteiger partial charge in [0.2, 0.25) is 0 Å². The van der Waals surface area contributed by atoms with Crippen LogP contribution in [0.4, 0.5) is 13.2 Å². The van der Waals surface area contributed by atoms with Crippen molar-refractivity contribution >= 4 is 26.8 Å². The molecular formula is C10H7BrF3N. The summed E-state index contributed by atoms with van der Waals surface area (Å²) in [5.74, 6) is 0. The van der Waals surface area contributed by atoms with Crippen LogP contribution in [0.2, 0.25) is 0 Å². The first-order chi connectivity index (χ1) is 7.02. The van der Waals surface area contributed by atoms with Crippen LogP contribution in [0.25, 0.3) is 10.9 Å². The average Bonchev–Trinajstić information content (AvgIpc) is 2.57. The molecule has 1 nitrogen and oxygen atoms in total. The SMILES string of the molecule is FC(F)(F)c1ccc2[nH]cc(CBr)c2c1. The fourth-order valence-electron chi connectivity index (χ4n) is 1.47. The second-order valence-electron chi connectivity index (χ2n) is 3.21. The molecule has 2 rings (SSSR count). The maximum Gasteiger partial charge on any atom is 0.416 e. The molecular weight excluding hydrogens is 271 g/mol. The number of aromatic amines is 1. The normalized spacial score (nSPS) is 12.3. The minimum atomic E-state index is -4.28. The van der Waals surface area contributed by atoms with Crippen LogP contribution < -0.4 is 0 Å². The van der Waals surface area contributed by atoms with Gasteiger partial charge in [0, 0.05) is 22.4 Å². The van der Waals surface area contributed by atoms with Crippen LogP contribution in [0.1, 0.15) is 11.1 Å². The molecule has 0 aliphatic rings. The predicted octanol–water partition coefficient (Wildman–Crippen LogP) is 4.08. The first-order valence-electron chi connectivity index (χ1n) is 4.25. The van der Waals surface area contributed by atoms with Gasteiger partial charge in [-0.1, -0.05) is 15.9 Å². The molecule has 0 atom stereocenters. The van der Waals surface area contributed by atoms with Crippen LogP contribution in [0.5, 0.6) is 0 Å². The summed E-state index contributed by atoms with van der Waals surface area (Å²) in [5, 5.41) is 1.15. The molecule has 0 amide bonds. The van der Waals surface area contributed by atoms with Gasteiger partial charge in [0.1, 0.15) is 0 Å². The predicted molar refractivity (Wildman–Crippen MR) is 55.9 cm³/mol. The largest absolute Gasteiger partial charge is 0.416 e. The van der Waals surface area contributed by atoms with E-state index in [1.807, 2.05) is 0 Å². The molecule has 1 heterocycles. The van der Waals surface area contributed by atoms with Gasteiger partial charge in [-0.3, -0.25) is 0 Å². The summed E-state index contributed by atoms with van der Waals surface area (Å²) < 4.78 is 37.3. The zero-order valence-corrected chi connectivity index (χ0v) is 9.11. The summed E-state index contributed by atoms with van der Waals surface area (Å²) in [6.07, 6.45) is -2.57. The number of hydrogen-bond acceptors (Lipinski definition) is 0. The number of rotatable bonds is 1. The first kappa shape index (κ1) is 10.5. The van der Waals surface area contributed by atoms with Gasteiger partial charge in [0.25, 0.3) is 0 Å². The highest BCUT2D eigenvalue weighted by molar-refractivity contribution is 9.08. The zero-order valence-electron chi connectivity index (χ0n) is 7.53. The number of aromatic nitrogens is 1. The van der Waals surface area contributed by atoms with Crippen molar-refractivity contribution in [3.8, 4) is 0 Å². The van der Waals surface area contributed by atoms with Crippen LogP contribution in [-0.2, 0) is 11.5 Å². The van der Waals surface area contributed by atoms with E-state index >= 15 is 0 Å². The van der Waals surface area contributed by atoms with E-state index in [9.17, 15) is 13.2 Å². The van der Waals surface area contributed by atoms with Gasteiger partial charge in [-0.05, 0) is 23.8 Å². The molecule has 0 fully saturated rings. The minimum absolute atomic E-state index is 0.536. The Hall–Kier alpha value is -0.970. The lowest BCUT2D eigenvalue weighted by Crippen LogP contribution is -2.04. The number of H-pyrrole nitrogens is 1. The van der Waals surface area contributed by atoms with E-state index in [0.29, 0.717) is 10.7 Å². The van der Waals surface area contributed by atoms with Gasteiger partial charge in [0.05, 0.1) is 5.56 Å². The molecule has 0 saturated heterocycles. The molecule has 15 heavy (non-hydrogen) atoms. The summed E-state index contributed by atoms with van der Waals surface area (Å²) >= 11 is 3.23. The van der Waals surface area contributed by atoms with Crippen molar-refractivity contribution in [3.63, 3.8) is 0 Å². The summed E-state index contributed by atoms with van der Waals surface area (Å²) in [6.45, 7) is 0. The van der Waals surface area contributed by atoms with Crippen LogP contribution in [-0.4, -0.2) is 4.98 Å². The van der Waals surface area contributed by atoms with Crippen molar-refractivity contribution in [2.75, 3.05) is 0 Å². The molecule has 1 N–H and O–H groups in total. The smallest absolute Gasteiger partial charge is 0.361 e. The quantitative estimate of drug-likeness (QED) is 0.756. The Morgan fingerprint density at radius 3 is 2.60 bits per heavy atom. The van der Waals surface area contributed by atoms with E-state index in [-0.39, 0.29) is 0 Å². The topological polar surface area (TPSA) is 15.8 Å². The van der Waals surface area contributed by atoms with E-state index in [0.717, 1.165) is 17.1 Å². The summed E-state index contributed by atoms with van der Waals surface area (Å²) in [6, 6.07) is 3.70. The van der Waals surface area contributed by atoms with Crippen molar-refractivity contribution in [1.29, 1.82) is 0 Å². The van der Waals surface area contributed by atoms with Crippen molar-refractivity contribution in [2.24, 2.45) is 0 Å². The highest BCUT2D eigenvalue weighted by Crippen LogP contribution is 2.32. The van der Waals surface area contributed by atoms with Crippen molar-refractivity contribution < 1.29 is 13.2 Å². The van der Waals surface area contributed by atoms with E-state index in [1.54, 1.807) is 6.20 Å². The van der Waals surface area contributed by atoms with Gasteiger partial charge in [0.15, 0.2) is 0 Å². The molecule has 0 bridgehead atoms. The number of benzene rings is 1. The number of fused-ring (bicyclic) bond motifs is 1. The standard InChI is InChI=1S/C10H7BrF3N/c11-4-6-5-15-9-2-1-7(3-8(6)9)10(12,13)14/h1-3,5,15H,4H2. The number of hydrogen-bond donors (Lipinski definition) is 1. The second-order valence-corrected chi connectivity index (χ2v) is 3.77. The van der Waals surface area contributed by atoms with E-state index < -0.39 is 11.7 Å². The molecule has 0 unspecified atom stereocenters. The third-order valence-corrected chi connectivity index (χ3v) is 2.84. The fraction of sp³-hybridized carbons (Fsp3) is 0.200. The van der Waals surface area contributed by atoms with Crippen LogP contribution in [0, 0.1) is 0 Å². The van der Waals surface area contributed by atoms with E-state index in [1.165, 1.54) is 12.1 Å². The lowest BCUT2D eigenvalue weighted by Gasteiger charge is -2.06. The zero-order chi connectivity index (χ0) is 11.1. The van der Waals surface area contributed by atoms with Gasteiger partial charge < -0.3 is 4.98 Å². The van der Waals surface area contributed by atoms with Gasteiger partial charge in [-0.25, -0.2) is 0 Å². The number of halogens is 4. The maximum absolute atomic E-state index is 12.4. The summed E-state index contributed by atoms with van der Waals surface area (Å²) in [5.41, 5.74) is 0.936. The highest BCUT2D eigenvalue weighted by atomic mass is 79.9. The number of nitrogens with one attached hydrogen (secondary N) is 1. The second kappa shape index (κ2) is 3.56. The Morgan fingerprint density at radius 2 is 2.00 bits per heavy atom. The third kappa shape index (κ3) is 1.88. The first-order valence-corrected chi connectivity index (χ1v) is 5.37. The van der Waals surface area contributed by atoms with Crippen molar-refractivity contribution in [1.82, 2.24) is 4.98 Å². The molecule has 0 aliphatic carbocycles. The Labute approximate surface area is 92.4 Å². The van der Waals surface area contributed by atoms with E-state index in [4.69, 9.17) is 0 Å². The molecule has 2 aromatic rings. The molecule has 80 valence electrons. The van der Waals surface area contributed by atoms with Gasteiger partial charge in [-0.15, -0.1) is 0 Å². The Balaban J connectivity index is 2.63. The van der Waals surface area contributed by atoms with Crippen LogP contribution >= 0.6 is 15.9 Å². The Bertz CT molecular complexity index is 487. The monoisotopic (exact) mass is 277 g/mol. The fourth-order valence-corrected chi connectivity index (χ4v) is 1.93. The number of alkyl halides is 4. The van der Waals surface area contributed by atoms with Crippen molar-refractivity contribution in [3.05, 3.63) is 35.5 Å². The molecule has 0 spiro atoms. The molecule has 1 aromatic heterocycles. The lowest BCUT2D eigenvalue weighted by molar-refractivity contribution is -0.137. The van der Waals surface area contributed by atoms with Crippen LogP contribution in [0.3, 0.4) is 0 Å². The highest BCUT2D eigenvalue weighted by Gasteiger charge is 2.30. The minimum Gasteiger partial charge on any atom is -0.361 e. The molecule has 1 aromatic carbocycles.